The van der Waals surface area contributed by atoms with Gasteiger partial charge in [-0.25, -0.2) is 0 Å². The van der Waals surface area contributed by atoms with Crippen molar-refractivity contribution in [2.45, 2.75) is 32.2 Å². The van der Waals surface area contributed by atoms with Crippen molar-refractivity contribution in [1.29, 1.82) is 0 Å². The molecule has 0 bridgehead atoms. The third kappa shape index (κ3) is 2.36. The number of hydrogen-bond donors (Lipinski definition) is 2. The van der Waals surface area contributed by atoms with Gasteiger partial charge in [-0.1, -0.05) is 28.4 Å². The molecule has 1 fully saturated rings. The van der Waals surface area contributed by atoms with E-state index in [4.69, 9.17) is 5.73 Å². The zero-order valence-electron chi connectivity index (χ0n) is 9.24. The van der Waals surface area contributed by atoms with E-state index in [-0.39, 0.29) is 18.4 Å². The van der Waals surface area contributed by atoms with E-state index >= 15 is 0 Å². The van der Waals surface area contributed by atoms with Crippen LogP contribution in [0, 0.1) is 12.8 Å². The predicted octanol–water partition coefficient (Wildman–Crippen LogP) is 3.68. The SMILES string of the molecule is Cc1ccc(Br)c([C@@H](N)C2CCC2)c1O.Cl. The molecular weight excluding hydrogens is 289 g/mol. The molecule has 4 heteroatoms. The molecule has 0 radical (unpaired) electrons. The maximum absolute atomic E-state index is 10.0. The fourth-order valence-electron chi connectivity index (χ4n) is 2.04. The van der Waals surface area contributed by atoms with Gasteiger partial charge in [0.25, 0.3) is 0 Å². The first-order valence-electron chi connectivity index (χ1n) is 5.35. The summed E-state index contributed by atoms with van der Waals surface area (Å²) in [5.74, 6) is 0.887. The molecular formula is C12H17BrClNO. The van der Waals surface area contributed by atoms with Crippen LogP contribution < -0.4 is 5.73 Å². The molecule has 1 aliphatic rings. The lowest BCUT2D eigenvalue weighted by Crippen LogP contribution is -2.27. The summed E-state index contributed by atoms with van der Waals surface area (Å²) in [6, 6.07) is 3.83. The summed E-state index contributed by atoms with van der Waals surface area (Å²) in [4.78, 5) is 0. The van der Waals surface area contributed by atoms with Crippen LogP contribution in [0.2, 0.25) is 0 Å². The van der Waals surface area contributed by atoms with Gasteiger partial charge in [-0.2, -0.15) is 0 Å². The molecule has 1 saturated carbocycles. The van der Waals surface area contributed by atoms with Gasteiger partial charge < -0.3 is 10.8 Å². The summed E-state index contributed by atoms with van der Waals surface area (Å²) < 4.78 is 0.921. The first kappa shape index (κ1) is 13.8. The van der Waals surface area contributed by atoms with Gasteiger partial charge in [0.1, 0.15) is 5.75 Å². The van der Waals surface area contributed by atoms with Crippen molar-refractivity contribution in [2.24, 2.45) is 11.7 Å². The van der Waals surface area contributed by atoms with E-state index < -0.39 is 0 Å². The molecule has 0 spiro atoms. The zero-order chi connectivity index (χ0) is 11.0. The zero-order valence-corrected chi connectivity index (χ0v) is 11.6. The van der Waals surface area contributed by atoms with Crippen molar-refractivity contribution in [1.82, 2.24) is 0 Å². The van der Waals surface area contributed by atoms with Gasteiger partial charge >= 0.3 is 0 Å². The highest BCUT2D eigenvalue weighted by Crippen LogP contribution is 2.42. The van der Waals surface area contributed by atoms with E-state index in [1.165, 1.54) is 19.3 Å². The Hall–Kier alpha value is -0.250. The minimum Gasteiger partial charge on any atom is -0.507 e. The Morgan fingerprint density at radius 3 is 2.56 bits per heavy atom. The summed E-state index contributed by atoms with van der Waals surface area (Å²) in [5.41, 5.74) is 7.95. The normalized spacial score (nSPS) is 17.4. The van der Waals surface area contributed by atoms with Crippen LogP contribution in [0.15, 0.2) is 16.6 Å². The third-order valence-corrected chi connectivity index (χ3v) is 4.05. The number of phenols is 1. The van der Waals surface area contributed by atoms with Crippen LogP contribution in [0.25, 0.3) is 0 Å². The molecule has 0 aliphatic heterocycles. The molecule has 3 N–H and O–H groups in total. The van der Waals surface area contributed by atoms with Gasteiger partial charge in [-0.15, -0.1) is 12.4 Å². The standard InChI is InChI=1S/C12H16BrNO.ClH/c1-7-5-6-9(13)10(12(7)15)11(14)8-3-2-4-8;/h5-6,8,11,15H,2-4,14H2,1H3;1H/t11-;/m0./s1. The van der Waals surface area contributed by atoms with Crippen molar-refractivity contribution in [2.75, 3.05) is 0 Å². The van der Waals surface area contributed by atoms with Crippen LogP contribution in [0.1, 0.15) is 36.4 Å². The highest BCUT2D eigenvalue weighted by atomic mass is 79.9. The fourth-order valence-corrected chi connectivity index (χ4v) is 2.63. The summed E-state index contributed by atoms with van der Waals surface area (Å²) in [7, 11) is 0. The number of aromatic hydroxyl groups is 1. The Bertz CT molecular complexity index is 380. The highest BCUT2D eigenvalue weighted by molar-refractivity contribution is 9.10. The van der Waals surface area contributed by atoms with Crippen molar-refractivity contribution in [3.8, 4) is 5.75 Å². The minimum atomic E-state index is -0.0342. The van der Waals surface area contributed by atoms with Crippen LogP contribution >= 0.6 is 28.3 Å². The number of aryl methyl sites for hydroxylation is 1. The van der Waals surface area contributed by atoms with Crippen molar-refractivity contribution in [3.05, 3.63) is 27.7 Å². The number of rotatable bonds is 2. The quantitative estimate of drug-likeness (QED) is 0.875. The Kier molecular flexibility index (Phi) is 4.65. The Morgan fingerprint density at radius 1 is 1.44 bits per heavy atom. The van der Waals surface area contributed by atoms with E-state index in [2.05, 4.69) is 15.9 Å². The number of halogens is 2. The third-order valence-electron chi connectivity index (χ3n) is 3.36. The second-order valence-electron chi connectivity index (χ2n) is 4.34. The van der Waals surface area contributed by atoms with Crippen LogP contribution in [-0.2, 0) is 0 Å². The lowest BCUT2D eigenvalue weighted by Gasteiger charge is -2.32. The van der Waals surface area contributed by atoms with E-state index in [1.54, 1.807) is 0 Å². The fraction of sp³-hybridized carbons (Fsp3) is 0.500. The Balaban J connectivity index is 0.00000128. The van der Waals surface area contributed by atoms with Crippen molar-refractivity contribution in [3.63, 3.8) is 0 Å². The number of hydrogen-bond acceptors (Lipinski definition) is 2. The highest BCUT2D eigenvalue weighted by Gasteiger charge is 2.28. The summed E-state index contributed by atoms with van der Waals surface area (Å²) in [6.07, 6.45) is 3.63. The molecule has 2 rings (SSSR count). The molecule has 1 aliphatic carbocycles. The molecule has 0 unspecified atom stereocenters. The molecule has 0 amide bonds. The Morgan fingerprint density at radius 2 is 2.06 bits per heavy atom. The first-order chi connectivity index (χ1) is 7.11. The lowest BCUT2D eigenvalue weighted by molar-refractivity contribution is 0.260. The minimum absolute atomic E-state index is 0. The van der Waals surface area contributed by atoms with Gasteiger partial charge in [0.05, 0.1) is 0 Å². The largest absolute Gasteiger partial charge is 0.507 e. The monoisotopic (exact) mass is 305 g/mol. The maximum Gasteiger partial charge on any atom is 0.124 e. The molecule has 0 saturated heterocycles. The van der Waals surface area contributed by atoms with E-state index in [9.17, 15) is 5.11 Å². The molecule has 0 heterocycles. The van der Waals surface area contributed by atoms with Crippen LogP contribution in [0.4, 0.5) is 0 Å². The molecule has 0 aromatic heterocycles. The number of benzene rings is 1. The summed E-state index contributed by atoms with van der Waals surface area (Å²) in [6.45, 7) is 1.90. The topological polar surface area (TPSA) is 46.2 Å². The van der Waals surface area contributed by atoms with E-state index in [1.807, 2.05) is 19.1 Å². The van der Waals surface area contributed by atoms with Crippen LogP contribution in [-0.4, -0.2) is 5.11 Å². The molecule has 2 nitrogen and oxygen atoms in total. The second-order valence-corrected chi connectivity index (χ2v) is 5.20. The van der Waals surface area contributed by atoms with Crippen LogP contribution in [0.3, 0.4) is 0 Å². The number of nitrogens with two attached hydrogens (primary N) is 1. The van der Waals surface area contributed by atoms with Crippen molar-refractivity contribution >= 4 is 28.3 Å². The first-order valence-corrected chi connectivity index (χ1v) is 6.14. The van der Waals surface area contributed by atoms with E-state index in [0.717, 1.165) is 15.6 Å². The Labute approximate surface area is 111 Å². The second kappa shape index (κ2) is 5.39. The average Bonchev–Trinajstić information content (AvgIpc) is 2.09. The molecule has 1 aromatic carbocycles. The van der Waals surface area contributed by atoms with E-state index in [0.29, 0.717) is 11.7 Å². The number of phenolic OH excluding ortho intramolecular Hbond substituents is 1. The molecule has 1 aromatic rings. The van der Waals surface area contributed by atoms with Gasteiger partial charge in [0.15, 0.2) is 0 Å². The maximum atomic E-state index is 10.0. The van der Waals surface area contributed by atoms with Gasteiger partial charge in [-0.05, 0) is 37.3 Å². The smallest absolute Gasteiger partial charge is 0.124 e. The average molecular weight is 307 g/mol. The van der Waals surface area contributed by atoms with Crippen molar-refractivity contribution < 1.29 is 5.11 Å². The summed E-state index contributed by atoms with van der Waals surface area (Å²) in [5, 5.41) is 10.0. The summed E-state index contributed by atoms with van der Waals surface area (Å²) >= 11 is 3.46. The van der Waals surface area contributed by atoms with Gasteiger partial charge in [-0.3, -0.25) is 0 Å². The lowest BCUT2D eigenvalue weighted by atomic mass is 9.77. The predicted molar refractivity (Wildman–Crippen MR) is 72.1 cm³/mol. The van der Waals surface area contributed by atoms with Crippen LogP contribution in [0.5, 0.6) is 5.75 Å². The molecule has 16 heavy (non-hydrogen) atoms. The molecule has 1 atom stereocenters. The van der Waals surface area contributed by atoms with Gasteiger partial charge in [0.2, 0.25) is 0 Å². The molecule has 90 valence electrons. The van der Waals surface area contributed by atoms with Gasteiger partial charge in [0, 0.05) is 16.1 Å².